The van der Waals surface area contributed by atoms with Crippen LogP contribution in [0.5, 0.6) is 0 Å². The van der Waals surface area contributed by atoms with Gasteiger partial charge in [0.05, 0.1) is 6.04 Å². The van der Waals surface area contributed by atoms with Crippen LogP contribution in [-0.4, -0.2) is 19.9 Å². The van der Waals surface area contributed by atoms with E-state index in [1.54, 1.807) is 12.5 Å². The fourth-order valence-electron chi connectivity index (χ4n) is 2.77. The molecule has 116 valence electrons. The van der Waals surface area contributed by atoms with Crippen LogP contribution in [0.4, 0.5) is 5.82 Å². The molecule has 0 saturated heterocycles. The van der Waals surface area contributed by atoms with Gasteiger partial charge in [0.1, 0.15) is 23.3 Å². The van der Waals surface area contributed by atoms with Gasteiger partial charge in [0.25, 0.3) is 0 Å². The molecular formula is C17H17N5O. The van der Waals surface area contributed by atoms with E-state index >= 15 is 0 Å². The molecule has 3 aromatic heterocycles. The highest BCUT2D eigenvalue weighted by Gasteiger charge is 2.21. The third-order valence-electron chi connectivity index (χ3n) is 3.93. The highest BCUT2D eigenvalue weighted by Crippen LogP contribution is 2.32. The Kier molecular flexibility index (Phi) is 3.22. The molecule has 0 spiro atoms. The van der Waals surface area contributed by atoms with Crippen molar-refractivity contribution in [3.05, 3.63) is 48.8 Å². The number of aromatic amines is 1. The molecule has 6 heteroatoms. The van der Waals surface area contributed by atoms with Gasteiger partial charge in [-0.15, -0.1) is 0 Å². The first-order valence-electron chi connectivity index (χ1n) is 7.62. The van der Waals surface area contributed by atoms with Crippen LogP contribution in [0.25, 0.3) is 22.1 Å². The van der Waals surface area contributed by atoms with Gasteiger partial charge in [-0.25, -0.2) is 15.0 Å². The molecule has 0 amide bonds. The average Bonchev–Trinajstić information content (AvgIpc) is 3.20. The van der Waals surface area contributed by atoms with Crippen LogP contribution in [0.2, 0.25) is 0 Å². The molecule has 1 aromatic carbocycles. The summed E-state index contributed by atoms with van der Waals surface area (Å²) >= 11 is 0. The molecule has 0 saturated carbocycles. The van der Waals surface area contributed by atoms with Crippen LogP contribution in [0.15, 0.2) is 47.4 Å². The summed E-state index contributed by atoms with van der Waals surface area (Å²) in [6.45, 7) is 4.27. The van der Waals surface area contributed by atoms with Crippen molar-refractivity contribution in [1.29, 1.82) is 0 Å². The predicted octanol–water partition coefficient (Wildman–Crippen LogP) is 3.91. The molecule has 0 aliphatic carbocycles. The van der Waals surface area contributed by atoms with Crippen molar-refractivity contribution < 1.29 is 4.42 Å². The Labute approximate surface area is 133 Å². The highest BCUT2D eigenvalue weighted by molar-refractivity contribution is 6.05. The minimum atomic E-state index is 0.0105. The first-order valence-corrected chi connectivity index (χ1v) is 7.62. The number of furan rings is 1. The van der Waals surface area contributed by atoms with Gasteiger partial charge < -0.3 is 14.7 Å². The number of rotatable bonds is 4. The van der Waals surface area contributed by atoms with Crippen molar-refractivity contribution in [3.8, 4) is 0 Å². The van der Waals surface area contributed by atoms with Gasteiger partial charge in [-0.05, 0) is 18.1 Å². The third kappa shape index (κ3) is 2.32. The van der Waals surface area contributed by atoms with Gasteiger partial charge in [-0.2, -0.15) is 0 Å². The van der Waals surface area contributed by atoms with Crippen molar-refractivity contribution in [2.24, 2.45) is 5.92 Å². The van der Waals surface area contributed by atoms with Crippen LogP contribution < -0.4 is 5.32 Å². The molecule has 1 atom stereocenters. The van der Waals surface area contributed by atoms with Gasteiger partial charge in [0, 0.05) is 17.8 Å². The van der Waals surface area contributed by atoms with Gasteiger partial charge >= 0.3 is 0 Å². The van der Waals surface area contributed by atoms with Crippen molar-refractivity contribution in [3.63, 3.8) is 0 Å². The van der Waals surface area contributed by atoms with Crippen molar-refractivity contribution in [1.82, 2.24) is 19.9 Å². The summed E-state index contributed by atoms with van der Waals surface area (Å²) in [5.74, 6) is 1.89. The Morgan fingerprint density at radius 1 is 1.13 bits per heavy atom. The number of aromatic nitrogens is 4. The SMILES string of the molecule is CC(C)[C@@H](Nc1ncnc2c1oc1ccccc12)c1ncc[nH]1. The first-order chi connectivity index (χ1) is 11.2. The number of anilines is 1. The number of imidazole rings is 1. The topological polar surface area (TPSA) is 79.6 Å². The highest BCUT2D eigenvalue weighted by atomic mass is 16.3. The maximum atomic E-state index is 5.96. The zero-order valence-electron chi connectivity index (χ0n) is 12.9. The number of hydrogen-bond donors (Lipinski definition) is 2. The summed E-state index contributed by atoms with van der Waals surface area (Å²) in [7, 11) is 0. The lowest BCUT2D eigenvalue weighted by Crippen LogP contribution is -2.19. The van der Waals surface area contributed by atoms with Crippen LogP contribution in [-0.2, 0) is 0 Å². The maximum absolute atomic E-state index is 5.96. The van der Waals surface area contributed by atoms with Crippen molar-refractivity contribution >= 4 is 27.9 Å². The average molecular weight is 307 g/mol. The van der Waals surface area contributed by atoms with Gasteiger partial charge in [-0.3, -0.25) is 0 Å². The van der Waals surface area contributed by atoms with Crippen LogP contribution in [0, 0.1) is 5.92 Å². The van der Waals surface area contributed by atoms with Crippen molar-refractivity contribution in [2.45, 2.75) is 19.9 Å². The Morgan fingerprint density at radius 2 is 2.00 bits per heavy atom. The molecule has 3 heterocycles. The molecule has 4 aromatic rings. The van der Waals surface area contributed by atoms with E-state index in [-0.39, 0.29) is 6.04 Å². The lowest BCUT2D eigenvalue weighted by Gasteiger charge is -2.20. The van der Waals surface area contributed by atoms with Crippen LogP contribution in [0.3, 0.4) is 0 Å². The van der Waals surface area contributed by atoms with E-state index in [0.29, 0.717) is 17.3 Å². The molecule has 0 radical (unpaired) electrons. The molecule has 0 bridgehead atoms. The van der Waals surface area contributed by atoms with E-state index in [1.807, 2.05) is 30.5 Å². The van der Waals surface area contributed by atoms with Crippen LogP contribution >= 0.6 is 0 Å². The predicted molar refractivity (Wildman–Crippen MR) is 89.1 cm³/mol. The summed E-state index contributed by atoms with van der Waals surface area (Å²) in [6, 6.07) is 7.88. The first kappa shape index (κ1) is 13.8. The van der Waals surface area contributed by atoms with E-state index < -0.39 is 0 Å². The van der Waals surface area contributed by atoms with Gasteiger partial charge in [-0.1, -0.05) is 26.0 Å². The number of nitrogens with zero attached hydrogens (tertiary/aromatic N) is 3. The second kappa shape index (κ2) is 5.39. The zero-order valence-corrected chi connectivity index (χ0v) is 12.9. The molecule has 4 rings (SSSR count). The zero-order chi connectivity index (χ0) is 15.8. The van der Waals surface area contributed by atoms with Gasteiger partial charge in [0.15, 0.2) is 11.4 Å². The number of hydrogen-bond acceptors (Lipinski definition) is 5. The molecule has 0 fully saturated rings. The molecular weight excluding hydrogens is 290 g/mol. The summed E-state index contributed by atoms with van der Waals surface area (Å²) in [6.07, 6.45) is 5.14. The standard InChI is InChI=1S/C17H17N5O/c1-10(2)13(16-18-7-8-19-16)22-17-15-14(20-9-21-17)11-5-3-4-6-12(11)23-15/h3-10,13H,1-2H3,(H,18,19)(H,20,21,22)/t13-/m1/s1. The second-order valence-corrected chi connectivity index (χ2v) is 5.84. The fourth-order valence-corrected chi connectivity index (χ4v) is 2.77. The smallest absolute Gasteiger partial charge is 0.196 e. The van der Waals surface area contributed by atoms with E-state index in [2.05, 4.69) is 39.1 Å². The van der Waals surface area contributed by atoms with E-state index in [9.17, 15) is 0 Å². The molecule has 0 aliphatic rings. The lowest BCUT2D eigenvalue weighted by atomic mass is 10.0. The largest absolute Gasteiger partial charge is 0.450 e. The molecule has 0 unspecified atom stereocenters. The van der Waals surface area contributed by atoms with Gasteiger partial charge in [0.2, 0.25) is 0 Å². The minimum Gasteiger partial charge on any atom is -0.450 e. The monoisotopic (exact) mass is 307 g/mol. The quantitative estimate of drug-likeness (QED) is 0.597. The fraction of sp³-hybridized carbons (Fsp3) is 0.235. The Hall–Kier alpha value is -2.89. The van der Waals surface area contributed by atoms with E-state index in [1.165, 1.54) is 0 Å². The maximum Gasteiger partial charge on any atom is 0.196 e. The molecule has 0 aliphatic heterocycles. The summed E-state index contributed by atoms with van der Waals surface area (Å²) in [4.78, 5) is 16.3. The second-order valence-electron chi connectivity index (χ2n) is 5.84. The van der Waals surface area contributed by atoms with E-state index in [4.69, 9.17) is 4.42 Å². The summed E-state index contributed by atoms with van der Waals surface area (Å²) in [5.41, 5.74) is 2.30. The number of fused-ring (bicyclic) bond motifs is 3. The molecule has 6 nitrogen and oxygen atoms in total. The Morgan fingerprint density at radius 3 is 2.78 bits per heavy atom. The molecule has 2 N–H and O–H groups in total. The number of para-hydroxylation sites is 1. The number of benzene rings is 1. The van der Waals surface area contributed by atoms with Crippen molar-refractivity contribution in [2.75, 3.05) is 5.32 Å². The lowest BCUT2D eigenvalue weighted by molar-refractivity contribution is 0.523. The van der Waals surface area contributed by atoms with Crippen LogP contribution in [0.1, 0.15) is 25.7 Å². The minimum absolute atomic E-state index is 0.0105. The normalized spacial score (nSPS) is 13.0. The molecule has 23 heavy (non-hydrogen) atoms. The Bertz CT molecular complexity index is 942. The number of nitrogens with one attached hydrogen (secondary N) is 2. The third-order valence-corrected chi connectivity index (χ3v) is 3.93. The summed E-state index contributed by atoms with van der Waals surface area (Å²) in [5, 5.41) is 4.44. The summed E-state index contributed by atoms with van der Waals surface area (Å²) < 4.78 is 5.96. The Balaban J connectivity index is 1.82. The van der Waals surface area contributed by atoms with E-state index in [0.717, 1.165) is 22.3 Å². The number of H-pyrrole nitrogens is 1.